The Morgan fingerprint density at radius 2 is 2.13 bits per heavy atom. The summed E-state index contributed by atoms with van der Waals surface area (Å²) in [6, 6.07) is 0.0895. The summed E-state index contributed by atoms with van der Waals surface area (Å²) < 4.78 is 0. The van der Waals surface area contributed by atoms with Gasteiger partial charge in [-0.15, -0.1) is 11.3 Å². The maximum Gasteiger partial charge on any atom is 0.252 e. The number of nitrogens with one attached hydrogen (secondary N) is 1. The third kappa shape index (κ3) is 4.32. The van der Waals surface area contributed by atoms with E-state index in [0.29, 0.717) is 12.5 Å². The number of nitrogens with two attached hydrogens (primary N) is 1. The lowest BCUT2D eigenvalue weighted by Gasteiger charge is -2.19. The van der Waals surface area contributed by atoms with Crippen molar-refractivity contribution in [2.45, 2.75) is 46.1 Å². The molecule has 0 saturated carbocycles. The Kier molecular flexibility index (Phi) is 6.18. The first-order valence-electron chi connectivity index (χ1n) is 8.34. The molecule has 2 atom stereocenters. The predicted octanol–water partition coefficient (Wildman–Crippen LogP) is 1.93. The summed E-state index contributed by atoms with van der Waals surface area (Å²) in [6.07, 6.45) is 2.98. The first-order chi connectivity index (χ1) is 11.0. The Balaban J connectivity index is 2.06. The van der Waals surface area contributed by atoms with Crippen molar-refractivity contribution in [2.75, 3.05) is 19.6 Å². The van der Waals surface area contributed by atoms with Crippen LogP contribution in [0.5, 0.6) is 0 Å². The van der Waals surface area contributed by atoms with Gasteiger partial charge in [-0.1, -0.05) is 20.3 Å². The molecule has 1 aliphatic heterocycles. The molecule has 1 aromatic rings. The zero-order valence-corrected chi connectivity index (χ0v) is 15.0. The molecule has 2 heterocycles. The number of nitrogens with zero attached hydrogens (tertiary/aromatic N) is 1. The van der Waals surface area contributed by atoms with Gasteiger partial charge in [0, 0.05) is 29.4 Å². The van der Waals surface area contributed by atoms with Crippen molar-refractivity contribution < 1.29 is 9.59 Å². The molecule has 3 N–H and O–H groups in total. The number of amides is 2. The van der Waals surface area contributed by atoms with E-state index in [2.05, 4.69) is 26.1 Å². The van der Waals surface area contributed by atoms with E-state index in [1.165, 1.54) is 4.88 Å². The van der Waals surface area contributed by atoms with E-state index in [-0.39, 0.29) is 24.4 Å². The molecule has 0 unspecified atom stereocenters. The number of carbonyl (C=O) groups is 2. The number of aryl methyl sites for hydroxylation is 1. The summed E-state index contributed by atoms with van der Waals surface area (Å²) in [4.78, 5) is 27.1. The lowest BCUT2D eigenvalue weighted by atomic mass is 9.97. The molecule has 2 rings (SSSR count). The van der Waals surface area contributed by atoms with Crippen LogP contribution in [0, 0.1) is 12.8 Å². The Labute approximate surface area is 142 Å². The van der Waals surface area contributed by atoms with Crippen molar-refractivity contribution in [1.82, 2.24) is 10.2 Å². The van der Waals surface area contributed by atoms with Crippen LogP contribution < -0.4 is 11.1 Å². The minimum absolute atomic E-state index is 0.0122. The van der Waals surface area contributed by atoms with Gasteiger partial charge in [0.05, 0.1) is 12.1 Å². The highest BCUT2D eigenvalue weighted by Gasteiger charge is 2.34. The Morgan fingerprint density at radius 3 is 2.74 bits per heavy atom. The van der Waals surface area contributed by atoms with Crippen LogP contribution in [0.4, 0.5) is 0 Å². The fourth-order valence-electron chi connectivity index (χ4n) is 3.49. The smallest absolute Gasteiger partial charge is 0.252 e. The van der Waals surface area contributed by atoms with Gasteiger partial charge in [0.15, 0.2) is 0 Å². The monoisotopic (exact) mass is 337 g/mol. The summed E-state index contributed by atoms with van der Waals surface area (Å²) in [5.74, 6) is 0.0836. The largest absolute Gasteiger partial charge is 0.369 e. The van der Waals surface area contributed by atoms with Crippen molar-refractivity contribution in [3.05, 3.63) is 21.4 Å². The Hall–Kier alpha value is -1.40. The average molecular weight is 337 g/mol. The second-order valence-electron chi connectivity index (χ2n) is 6.33. The van der Waals surface area contributed by atoms with Crippen molar-refractivity contribution in [2.24, 2.45) is 11.7 Å². The predicted molar refractivity (Wildman–Crippen MR) is 93.7 cm³/mol. The lowest BCUT2D eigenvalue weighted by Crippen LogP contribution is -2.41. The number of hydrogen-bond donors (Lipinski definition) is 2. The van der Waals surface area contributed by atoms with Gasteiger partial charge in [-0.25, -0.2) is 0 Å². The van der Waals surface area contributed by atoms with E-state index in [0.717, 1.165) is 36.9 Å². The average Bonchev–Trinajstić information content (AvgIpc) is 3.02. The molecular formula is C17H27N3O2S. The number of thiophene rings is 1. The van der Waals surface area contributed by atoms with E-state index < -0.39 is 0 Å². The topological polar surface area (TPSA) is 75.4 Å². The molecule has 1 saturated heterocycles. The van der Waals surface area contributed by atoms with Crippen LogP contribution in [-0.2, 0) is 11.2 Å². The maximum atomic E-state index is 12.7. The fourth-order valence-corrected chi connectivity index (χ4v) is 4.43. The van der Waals surface area contributed by atoms with Gasteiger partial charge in [-0.2, -0.15) is 0 Å². The first kappa shape index (κ1) is 17.9. The van der Waals surface area contributed by atoms with E-state index >= 15 is 0 Å². The molecule has 6 heteroatoms. The molecule has 0 bridgehead atoms. The fraction of sp³-hybridized carbons (Fsp3) is 0.647. The summed E-state index contributed by atoms with van der Waals surface area (Å²) in [6.45, 7) is 8.08. The minimum Gasteiger partial charge on any atom is -0.369 e. The minimum atomic E-state index is -0.311. The molecule has 1 aliphatic rings. The second-order valence-corrected chi connectivity index (χ2v) is 7.41. The highest BCUT2D eigenvalue weighted by molar-refractivity contribution is 7.10. The van der Waals surface area contributed by atoms with Gasteiger partial charge >= 0.3 is 0 Å². The quantitative estimate of drug-likeness (QED) is 0.798. The van der Waals surface area contributed by atoms with E-state index in [9.17, 15) is 9.59 Å². The molecular weight excluding hydrogens is 310 g/mol. The molecule has 0 aromatic carbocycles. The molecule has 1 fully saturated rings. The maximum absolute atomic E-state index is 12.7. The van der Waals surface area contributed by atoms with Gasteiger partial charge < -0.3 is 11.1 Å². The zero-order valence-electron chi connectivity index (χ0n) is 14.2. The van der Waals surface area contributed by atoms with Crippen LogP contribution in [-0.4, -0.2) is 42.4 Å². The number of rotatable bonds is 7. The first-order valence-corrected chi connectivity index (χ1v) is 9.22. The van der Waals surface area contributed by atoms with Crippen LogP contribution in [0.15, 0.2) is 5.38 Å². The summed E-state index contributed by atoms with van der Waals surface area (Å²) >= 11 is 1.63. The number of primary amides is 1. The SMILES string of the molecule is CCC[C@H]1CN(CC(N)=O)C[C@@H]1NC(=O)c1csc(C)c1CC. The molecule has 0 spiro atoms. The van der Waals surface area contributed by atoms with Gasteiger partial charge in [-0.05, 0) is 31.2 Å². The van der Waals surface area contributed by atoms with Gasteiger partial charge in [0.1, 0.15) is 0 Å². The zero-order chi connectivity index (χ0) is 17.0. The van der Waals surface area contributed by atoms with E-state index in [1.807, 2.05) is 10.3 Å². The van der Waals surface area contributed by atoms with E-state index in [1.54, 1.807) is 11.3 Å². The van der Waals surface area contributed by atoms with Crippen LogP contribution in [0.2, 0.25) is 0 Å². The second kappa shape index (κ2) is 7.93. The lowest BCUT2D eigenvalue weighted by molar-refractivity contribution is -0.118. The number of hydrogen-bond acceptors (Lipinski definition) is 4. The molecule has 5 nitrogen and oxygen atoms in total. The number of carbonyl (C=O) groups excluding carboxylic acids is 2. The Bertz CT molecular complexity index is 570. The van der Waals surface area contributed by atoms with Gasteiger partial charge in [0.2, 0.25) is 5.91 Å². The van der Waals surface area contributed by atoms with Crippen molar-refractivity contribution in [1.29, 1.82) is 0 Å². The van der Waals surface area contributed by atoms with Crippen LogP contribution >= 0.6 is 11.3 Å². The standard InChI is InChI=1S/C17H27N3O2S/c1-4-6-12-7-20(9-16(18)21)8-15(12)19-17(22)14-10-23-11(3)13(14)5-2/h10,12,15H,4-9H2,1-3H3,(H2,18,21)(H,19,22)/t12-,15-/m0/s1. The number of likely N-dealkylation sites (tertiary alicyclic amines) is 1. The van der Waals surface area contributed by atoms with E-state index in [4.69, 9.17) is 5.73 Å². The molecule has 2 amide bonds. The van der Waals surface area contributed by atoms with Crippen LogP contribution in [0.25, 0.3) is 0 Å². The van der Waals surface area contributed by atoms with Crippen LogP contribution in [0.1, 0.15) is 47.5 Å². The molecule has 0 aliphatic carbocycles. The van der Waals surface area contributed by atoms with Gasteiger partial charge in [0.25, 0.3) is 5.91 Å². The molecule has 128 valence electrons. The van der Waals surface area contributed by atoms with Crippen molar-refractivity contribution in [3.8, 4) is 0 Å². The molecule has 1 aromatic heterocycles. The normalized spacial score (nSPS) is 21.5. The molecule has 0 radical (unpaired) electrons. The van der Waals surface area contributed by atoms with Crippen molar-refractivity contribution >= 4 is 23.2 Å². The highest BCUT2D eigenvalue weighted by atomic mass is 32.1. The van der Waals surface area contributed by atoms with Gasteiger partial charge in [-0.3, -0.25) is 14.5 Å². The third-order valence-electron chi connectivity index (χ3n) is 4.57. The summed E-state index contributed by atoms with van der Waals surface area (Å²) in [7, 11) is 0. The highest BCUT2D eigenvalue weighted by Crippen LogP contribution is 2.25. The molecule has 23 heavy (non-hydrogen) atoms. The summed E-state index contributed by atoms with van der Waals surface area (Å²) in [5, 5.41) is 5.15. The van der Waals surface area contributed by atoms with Crippen molar-refractivity contribution in [3.63, 3.8) is 0 Å². The third-order valence-corrected chi connectivity index (χ3v) is 5.53. The Morgan fingerprint density at radius 1 is 1.39 bits per heavy atom. The van der Waals surface area contributed by atoms with Crippen LogP contribution in [0.3, 0.4) is 0 Å². The summed E-state index contributed by atoms with van der Waals surface area (Å²) in [5.41, 5.74) is 7.25.